The first-order chi connectivity index (χ1) is 13.3. The largest absolute Gasteiger partial charge is 0.427 e. The van der Waals surface area contributed by atoms with Crippen LogP contribution in [0.15, 0.2) is 54.6 Å². The van der Waals surface area contributed by atoms with Crippen LogP contribution in [0.3, 0.4) is 0 Å². The molecule has 0 amide bonds. The number of aldehydes is 1. The van der Waals surface area contributed by atoms with E-state index >= 15 is 0 Å². The number of non-ortho nitro benzene ring substituents is 1. The number of para-hydroxylation sites is 1. The molecule has 8 nitrogen and oxygen atoms in total. The second kappa shape index (κ2) is 12.8. The number of nitro groups is 1. The number of nitrogens with one attached hydrogen (secondary N) is 1. The minimum absolute atomic E-state index is 0.0279. The Bertz CT molecular complexity index is 712. The van der Waals surface area contributed by atoms with Gasteiger partial charge in [0.1, 0.15) is 17.8 Å². The molecule has 0 aliphatic heterocycles. The zero-order valence-electron chi connectivity index (χ0n) is 16.3. The predicted molar refractivity (Wildman–Crippen MR) is 109 cm³/mol. The van der Waals surface area contributed by atoms with E-state index in [-0.39, 0.29) is 5.69 Å². The molecule has 2 aromatic rings. The van der Waals surface area contributed by atoms with E-state index in [1.807, 2.05) is 32.0 Å². The molecule has 0 saturated carbocycles. The van der Waals surface area contributed by atoms with Gasteiger partial charge in [-0.25, -0.2) is 5.09 Å². The van der Waals surface area contributed by atoms with Crippen LogP contribution < -0.4 is 14.1 Å². The van der Waals surface area contributed by atoms with Crippen molar-refractivity contribution in [1.29, 1.82) is 0 Å². The molecule has 0 spiro atoms. The average molecular weight is 408 g/mol. The molecule has 152 valence electrons. The van der Waals surface area contributed by atoms with Crippen molar-refractivity contribution >= 4 is 20.5 Å². The third kappa shape index (κ3) is 9.41. The molecule has 2 rings (SSSR count). The van der Waals surface area contributed by atoms with Gasteiger partial charge in [0.25, 0.3) is 5.69 Å². The van der Waals surface area contributed by atoms with Gasteiger partial charge in [-0.05, 0) is 45.0 Å². The summed E-state index contributed by atoms with van der Waals surface area (Å²) in [5.41, 5.74) is -0.0279. The summed E-state index contributed by atoms with van der Waals surface area (Å²) < 4.78 is 16.1. The number of benzene rings is 2. The summed E-state index contributed by atoms with van der Waals surface area (Å²) in [4.78, 5) is 21.0. The van der Waals surface area contributed by atoms with E-state index in [0.29, 0.717) is 17.6 Å². The van der Waals surface area contributed by atoms with Crippen LogP contribution in [-0.4, -0.2) is 30.5 Å². The Morgan fingerprint density at radius 2 is 1.50 bits per heavy atom. The van der Waals surface area contributed by atoms with Gasteiger partial charge in [0.2, 0.25) is 0 Å². The highest BCUT2D eigenvalue weighted by atomic mass is 31.2. The van der Waals surface area contributed by atoms with Crippen molar-refractivity contribution < 1.29 is 23.5 Å². The van der Waals surface area contributed by atoms with Crippen LogP contribution in [0, 0.1) is 10.1 Å². The number of hydrogen-bond donors (Lipinski definition) is 1. The van der Waals surface area contributed by atoms with Crippen LogP contribution in [0.1, 0.15) is 20.8 Å². The minimum Gasteiger partial charge on any atom is -0.427 e. The summed E-state index contributed by atoms with van der Waals surface area (Å²) in [7, 11) is 0.0645. The van der Waals surface area contributed by atoms with Gasteiger partial charge in [-0.1, -0.05) is 18.2 Å². The number of rotatable bonds is 9. The average Bonchev–Trinajstić information content (AvgIpc) is 2.69. The van der Waals surface area contributed by atoms with Crippen molar-refractivity contribution in [2.24, 2.45) is 0 Å². The highest BCUT2D eigenvalue weighted by Gasteiger charge is 2.18. The molecular weight excluding hydrogens is 383 g/mol. The van der Waals surface area contributed by atoms with Crippen LogP contribution in [-0.2, 0) is 9.53 Å². The van der Waals surface area contributed by atoms with Gasteiger partial charge in [-0.15, -0.1) is 0 Å². The van der Waals surface area contributed by atoms with E-state index in [0.717, 1.165) is 6.29 Å². The summed E-state index contributed by atoms with van der Waals surface area (Å²) in [6, 6.07) is 14.2. The van der Waals surface area contributed by atoms with Crippen LogP contribution in [0.5, 0.6) is 11.5 Å². The zero-order chi connectivity index (χ0) is 20.9. The predicted octanol–water partition coefficient (Wildman–Crippen LogP) is 4.50. The van der Waals surface area contributed by atoms with E-state index in [1.54, 1.807) is 26.2 Å². The van der Waals surface area contributed by atoms with Crippen molar-refractivity contribution in [3.63, 3.8) is 0 Å². The summed E-state index contributed by atoms with van der Waals surface area (Å²) in [5.74, 6) is 0.995. The lowest BCUT2D eigenvalue weighted by atomic mass is 10.3. The van der Waals surface area contributed by atoms with Crippen molar-refractivity contribution in [3.8, 4) is 11.5 Å². The Kier molecular flexibility index (Phi) is 10.7. The Labute approximate surface area is 165 Å². The summed E-state index contributed by atoms with van der Waals surface area (Å²) in [5, 5.41) is 13.6. The van der Waals surface area contributed by atoms with Crippen LogP contribution in [0.2, 0.25) is 0 Å². The fraction of sp³-hybridized carbons (Fsp3) is 0.316. The summed E-state index contributed by atoms with van der Waals surface area (Å²) >= 11 is 0. The SMILES string of the molecule is CC(C=O)NP(Oc1ccccc1)Oc1ccc([N+](=O)[O-])cc1.COC(C)C. The monoisotopic (exact) mass is 408 g/mol. The van der Waals surface area contributed by atoms with Gasteiger partial charge in [0.15, 0.2) is 0 Å². The maximum absolute atomic E-state index is 10.8. The number of nitrogens with zero attached hydrogens (tertiary/aromatic N) is 1. The Balaban J connectivity index is 0.000000696. The van der Waals surface area contributed by atoms with Gasteiger partial charge in [0, 0.05) is 19.2 Å². The lowest BCUT2D eigenvalue weighted by molar-refractivity contribution is -0.384. The highest BCUT2D eigenvalue weighted by Crippen LogP contribution is 2.37. The molecule has 0 saturated heterocycles. The first-order valence-corrected chi connectivity index (χ1v) is 9.73. The highest BCUT2D eigenvalue weighted by molar-refractivity contribution is 7.45. The number of carbonyl (C=O) groups excluding carboxylic acids is 1. The molecule has 9 heteroatoms. The summed E-state index contributed by atoms with van der Waals surface area (Å²) in [6.45, 7) is 5.68. The number of hydrogen-bond acceptors (Lipinski definition) is 7. The third-order valence-electron chi connectivity index (χ3n) is 3.15. The second-order valence-electron chi connectivity index (χ2n) is 5.84. The molecule has 0 fully saturated rings. The smallest absolute Gasteiger partial charge is 0.382 e. The van der Waals surface area contributed by atoms with Crippen molar-refractivity contribution in [2.75, 3.05) is 7.11 Å². The first kappa shape index (κ1) is 23.5. The van der Waals surface area contributed by atoms with E-state index in [9.17, 15) is 14.9 Å². The summed E-state index contributed by atoms with van der Waals surface area (Å²) in [6.07, 6.45) is 1.12. The fourth-order valence-corrected chi connectivity index (χ4v) is 2.73. The molecule has 0 aliphatic carbocycles. The van der Waals surface area contributed by atoms with E-state index in [1.165, 1.54) is 24.3 Å². The Morgan fingerprint density at radius 1 is 1.00 bits per heavy atom. The van der Waals surface area contributed by atoms with Crippen molar-refractivity contribution in [2.45, 2.75) is 32.9 Å². The normalized spacial score (nSPS) is 12.3. The Morgan fingerprint density at radius 3 is 1.93 bits per heavy atom. The quantitative estimate of drug-likeness (QED) is 0.282. The topological polar surface area (TPSA) is 99.9 Å². The zero-order valence-corrected chi connectivity index (χ0v) is 17.2. The number of carbonyl (C=O) groups is 1. The van der Waals surface area contributed by atoms with E-state index in [4.69, 9.17) is 13.8 Å². The molecule has 2 unspecified atom stereocenters. The molecular formula is C19H25N2O6P. The van der Waals surface area contributed by atoms with Gasteiger partial charge in [0.05, 0.1) is 17.1 Å². The molecule has 0 aromatic heterocycles. The lowest BCUT2D eigenvalue weighted by Crippen LogP contribution is -2.25. The maximum Gasteiger partial charge on any atom is 0.382 e. The number of ether oxygens (including phenoxy) is 1. The Hall–Kier alpha value is -2.54. The fourth-order valence-electron chi connectivity index (χ4n) is 1.57. The van der Waals surface area contributed by atoms with Crippen LogP contribution >= 0.6 is 8.53 Å². The van der Waals surface area contributed by atoms with Gasteiger partial charge in [-0.2, -0.15) is 0 Å². The standard InChI is InChI=1S/C15H15N2O5P.C4H10O/c1-12(11-18)16-23(21-14-5-3-2-4-6-14)22-15-9-7-13(8-10-15)17(19)20;1-4(2)5-3/h2-12,16H,1H3;4H,1-3H3. The minimum atomic E-state index is -1.63. The molecule has 0 heterocycles. The van der Waals surface area contributed by atoms with Crippen molar-refractivity contribution in [1.82, 2.24) is 5.09 Å². The molecule has 1 N–H and O–H groups in total. The molecule has 0 aliphatic rings. The number of methoxy groups -OCH3 is 1. The van der Waals surface area contributed by atoms with Gasteiger partial charge >= 0.3 is 8.53 Å². The number of nitro benzene ring substituents is 1. The third-order valence-corrected chi connectivity index (χ3v) is 4.52. The van der Waals surface area contributed by atoms with Crippen LogP contribution in [0.4, 0.5) is 5.69 Å². The van der Waals surface area contributed by atoms with E-state index < -0.39 is 19.5 Å². The lowest BCUT2D eigenvalue weighted by Gasteiger charge is -2.20. The first-order valence-electron chi connectivity index (χ1n) is 8.55. The van der Waals surface area contributed by atoms with Gasteiger partial charge < -0.3 is 18.6 Å². The maximum atomic E-state index is 10.8. The molecule has 2 atom stereocenters. The molecule has 28 heavy (non-hydrogen) atoms. The second-order valence-corrected chi connectivity index (χ2v) is 6.98. The van der Waals surface area contributed by atoms with E-state index in [2.05, 4.69) is 5.09 Å². The molecule has 0 bridgehead atoms. The van der Waals surface area contributed by atoms with Crippen LogP contribution in [0.25, 0.3) is 0 Å². The van der Waals surface area contributed by atoms with Crippen molar-refractivity contribution in [3.05, 3.63) is 64.7 Å². The van der Waals surface area contributed by atoms with Gasteiger partial charge in [-0.3, -0.25) is 10.1 Å². The molecule has 2 aromatic carbocycles. The molecule has 0 radical (unpaired) electrons.